The Morgan fingerprint density at radius 2 is 2.36 bits per heavy atom. The molecule has 0 aliphatic rings. The molecule has 0 amide bonds. The van der Waals surface area contributed by atoms with Gasteiger partial charge in [-0.2, -0.15) is 0 Å². The zero-order valence-electron chi connectivity index (χ0n) is 8.30. The van der Waals surface area contributed by atoms with E-state index in [9.17, 15) is 0 Å². The zero-order chi connectivity index (χ0) is 10.1. The molecule has 2 heterocycles. The molecule has 5 heteroatoms. The van der Waals surface area contributed by atoms with Crippen molar-refractivity contribution in [2.45, 2.75) is 20.4 Å². The Balaban J connectivity index is 2.71. The molecular formula is C9H12N5+. The monoisotopic (exact) mass is 190 g/mol. The van der Waals surface area contributed by atoms with E-state index in [1.807, 2.05) is 19.9 Å². The molecule has 0 aromatic carbocycles. The van der Waals surface area contributed by atoms with Crippen LogP contribution < -0.4 is 4.68 Å². The average molecular weight is 190 g/mol. The molecule has 5 nitrogen and oxygen atoms in total. The first-order valence-electron chi connectivity index (χ1n) is 4.43. The Morgan fingerprint density at radius 1 is 1.57 bits per heavy atom. The number of hydrogen-bond donors (Lipinski definition) is 0. The van der Waals surface area contributed by atoms with E-state index >= 15 is 0 Å². The van der Waals surface area contributed by atoms with Gasteiger partial charge >= 0.3 is 5.78 Å². The Labute approximate surface area is 81.7 Å². The number of hydrogen-bond acceptors (Lipinski definition) is 3. The van der Waals surface area contributed by atoms with Gasteiger partial charge in [-0.15, -0.1) is 16.2 Å². The first kappa shape index (κ1) is 8.80. The Bertz CT molecular complexity index is 485. The summed E-state index contributed by atoms with van der Waals surface area (Å²) in [5.74, 6) is 0.752. The first-order valence-corrected chi connectivity index (χ1v) is 4.43. The maximum Gasteiger partial charge on any atom is 0.407 e. The van der Waals surface area contributed by atoms with Gasteiger partial charge in [-0.25, -0.2) is 0 Å². The Morgan fingerprint density at radius 3 is 3.07 bits per heavy atom. The number of tetrazole rings is 1. The third kappa shape index (κ3) is 1.26. The normalized spacial score (nSPS) is 10.7. The predicted molar refractivity (Wildman–Crippen MR) is 50.6 cm³/mol. The van der Waals surface area contributed by atoms with Crippen molar-refractivity contribution in [2.75, 3.05) is 0 Å². The molecule has 0 fully saturated rings. The summed E-state index contributed by atoms with van der Waals surface area (Å²) in [7, 11) is 0. The van der Waals surface area contributed by atoms with Crippen LogP contribution in [0.15, 0.2) is 18.7 Å². The standard InChI is InChI=1S/C9H12N5/c1-4-5-13-9-10-7(2)6-8(3)14(9)12-11-13/h4,6H,1,5H2,2-3H3/q+1. The lowest BCUT2D eigenvalue weighted by Crippen LogP contribution is -2.36. The van der Waals surface area contributed by atoms with E-state index < -0.39 is 0 Å². The van der Waals surface area contributed by atoms with Crippen molar-refractivity contribution in [3.05, 3.63) is 30.1 Å². The lowest BCUT2D eigenvalue weighted by Gasteiger charge is -1.91. The molecule has 0 aliphatic heterocycles. The molecule has 0 radical (unpaired) electrons. The SMILES string of the molecule is C=CC[n+]1nnn2c(C)cc(C)nc21. The number of allylic oxidation sites excluding steroid dienone is 1. The van der Waals surface area contributed by atoms with Crippen molar-refractivity contribution in [1.29, 1.82) is 0 Å². The lowest BCUT2D eigenvalue weighted by atomic mass is 10.4. The van der Waals surface area contributed by atoms with Crippen LogP contribution in [0.25, 0.3) is 5.78 Å². The van der Waals surface area contributed by atoms with Gasteiger partial charge in [0.15, 0.2) is 0 Å². The molecule has 72 valence electrons. The van der Waals surface area contributed by atoms with Crippen LogP contribution in [-0.2, 0) is 6.54 Å². The van der Waals surface area contributed by atoms with Crippen molar-refractivity contribution >= 4 is 5.78 Å². The fourth-order valence-electron chi connectivity index (χ4n) is 1.40. The third-order valence-electron chi connectivity index (χ3n) is 1.99. The van der Waals surface area contributed by atoms with Gasteiger partial charge in [0.05, 0.1) is 5.21 Å². The van der Waals surface area contributed by atoms with Gasteiger partial charge in [-0.05, 0) is 13.8 Å². The summed E-state index contributed by atoms with van der Waals surface area (Å²) in [6.07, 6.45) is 1.77. The van der Waals surface area contributed by atoms with Crippen LogP contribution in [0.3, 0.4) is 0 Å². The first-order chi connectivity index (χ1) is 6.72. The van der Waals surface area contributed by atoms with E-state index in [2.05, 4.69) is 22.0 Å². The fraction of sp³-hybridized carbons (Fsp3) is 0.333. The molecule has 0 N–H and O–H groups in total. The molecule has 0 atom stereocenters. The highest BCUT2D eigenvalue weighted by molar-refractivity contribution is 5.23. The highest BCUT2D eigenvalue weighted by atomic mass is 15.6. The summed E-state index contributed by atoms with van der Waals surface area (Å²) in [4.78, 5) is 4.37. The Kier molecular flexibility index (Phi) is 1.99. The van der Waals surface area contributed by atoms with Crippen LogP contribution in [0, 0.1) is 13.8 Å². The number of aromatic nitrogens is 5. The molecule has 14 heavy (non-hydrogen) atoms. The van der Waals surface area contributed by atoms with Gasteiger partial charge in [0.2, 0.25) is 0 Å². The number of rotatable bonds is 2. The van der Waals surface area contributed by atoms with Gasteiger partial charge in [-0.3, -0.25) is 0 Å². The number of fused-ring (bicyclic) bond motifs is 1. The third-order valence-corrected chi connectivity index (χ3v) is 1.99. The predicted octanol–water partition coefficient (Wildman–Crippen LogP) is 0.215. The van der Waals surface area contributed by atoms with Crippen LogP contribution in [-0.4, -0.2) is 19.9 Å². The van der Waals surface area contributed by atoms with E-state index in [0.717, 1.165) is 17.2 Å². The maximum atomic E-state index is 4.37. The zero-order valence-corrected chi connectivity index (χ0v) is 8.30. The minimum Gasteiger partial charge on any atom is -0.125 e. The van der Waals surface area contributed by atoms with E-state index in [0.29, 0.717) is 6.54 Å². The molecule has 0 saturated heterocycles. The Hall–Kier alpha value is -1.78. The van der Waals surface area contributed by atoms with Crippen LogP contribution in [0.5, 0.6) is 0 Å². The van der Waals surface area contributed by atoms with Crippen molar-refractivity contribution in [3.8, 4) is 0 Å². The molecule has 0 bridgehead atoms. The molecular weight excluding hydrogens is 178 g/mol. The second-order valence-corrected chi connectivity index (χ2v) is 3.20. The van der Waals surface area contributed by atoms with Crippen LogP contribution >= 0.6 is 0 Å². The second-order valence-electron chi connectivity index (χ2n) is 3.20. The van der Waals surface area contributed by atoms with E-state index in [-0.39, 0.29) is 0 Å². The van der Waals surface area contributed by atoms with Gasteiger partial charge < -0.3 is 0 Å². The highest BCUT2D eigenvalue weighted by Gasteiger charge is 2.15. The van der Waals surface area contributed by atoms with Crippen LogP contribution in [0.1, 0.15) is 11.4 Å². The van der Waals surface area contributed by atoms with E-state index in [1.165, 1.54) is 0 Å². The van der Waals surface area contributed by atoms with Crippen molar-refractivity contribution in [1.82, 2.24) is 19.9 Å². The average Bonchev–Trinajstić information content (AvgIpc) is 2.49. The smallest absolute Gasteiger partial charge is 0.125 e. The van der Waals surface area contributed by atoms with Gasteiger partial charge in [-0.1, -0.05) is 10.6 Å². The van der Waals surface area contributed by atoms with Crippen molar-refractivity contribution < 1.29 is 4.68 Å². The molecule has 0 aliphatic carbocycles. The van der Waals surface area contributed by atoms with E-state index in [1.54, 1.807) is 15.3 Å². The quantitative estimate of drug-likeness (QED) is 0.502. The van der Waals surface area contributed by atoms with Gasteiger partial charge in [0.1, 0.15) is 23.1 Å². The van der Waals surface area contributed by atoms with Crippen molar-refractivity contribution in [2.24, 2.45) is 0 Å². The molecule has 0 spiro atoms. The molecule has 0 unspecified atom stereocenters. The highest BCUT2D eigenvalue weighted by Crippen LogP contribution is 2.00. The molecule has 2 aromatic heterocycles. The number of aryl methyl sites for hydroxylation is 2. The molecule has 0 saturated carbocycles. The summed E-state index contributed by atoms with van der Waals surface area (Å²) in [6.45, 7) is 8.22. The topological polar surface area (TPSA) is 47.0 Å². The second kappa shape index (κ2) is 3.17. The summed E-state index contributed by atoms with van der Waals surface area (Å²) in [5.41, 5.74) is 2.00. The minimum absolute atomic E-state index is 0.624. The van der Waals surface area contributed by atoms with E-state index in [4.69, 9.17) is 0 Å². The van der Waals surface area contributed by atoms with Gasteiger partial charge in [0.25, 0.3) is 0 Å². The largest absolute Gasteiger partial charge is 0.407 e. The maximum absolute atomic E-state index is 4.37. The number of nitrogens with zero attached hydrogens (tertiary/aromatic N) is 5. The van der Waals surface area contributed by atoms with Crippen molar-refractivity contribution in [3.63, 3.8) is 0 Å². The summed E-state index contributed by atoms with van der Waals surface area (Å²) in [6, 6.07) is 1.97. The van der Waals surface area contributed by atoms with Crippen LogP contribution in [0.2, 0.25) is 0 Å². The summed E-state index contributed by atoms with van der Waals surface area (Å²) in [5, 5.41) is 7.98. The minimum atomic E-state index is 0.624. The summed E-state index contributed by atoms with van der Waals surface area (Å²) < 4.78 is 3.43. The molecule has 2 rings (SSSR count). The summed E-state index contributed by atoms with van der Waals surface area (Å²) >= 11 is 0. The van der Waals surface area contributed by atoms with Crippen LogP contribution in [0.4, 0.5) is 0 Å². The lowest BCUT2D eigenvalue weighted by molar-refractivity contribution is -0.723. The van der Waals surface area contributed by atoms with Gasteiger partial charge in [0, 0.05) is 6.07 Å². The molecule has 2 aromatic rings. The fourth-order valence-corrected chi connectivity index (χ4v) is 1.40.